The van der Waals surface area contributed by atoms with E-state index >= 15 is 0 Å². The van der Waals surface area contributed by atoms with E-state index in [0.717, 1.165) is 25.0 Å². The molecule has 1 aromatic carbocycles. The molecule has 0 aliphatic carbocycles. The summed E-state index contributed by atoms with van der Waals surface area (Å²) >= 11 is 1.88. The standard InChI is InChI=1S/C16H22BN3O4S/c21-14(18-11-5-3-4-10(8-11)17(23)24)7-2-1-6-13-15-12(9-25-13)19-16(22)20-15/h3-5,8,12-13,15,23-24H,1-2,6-7,9H2,(H,18,21)(H2,19,20,22)/t12?,13-,15?/m0/s1. The van der Waals surface area contributed by atoms with Crippen LogP contribution < -0.4 is 21.4 Å². The Morgan fingerprint density at radius 1 is 1.32 bits per heavy atom. The molecular formula is C16H22BN3O4S. The van der Waals surface area contributed by atoms with Crippen molar-refractivity contribution in [3.05, 3.63) is 24.3 Å². The molecule has 1 aromatic rings. The topological polar surface area (TPSA) is 111 Å². The van der Waals surface area contributed by atoms with Gasteiger partial charge in [-0.25, -0.2) is 4.79 Å². The highest BCUT2D eigenvalue weighted by Crippen LogP contribution is 2.33. The number of unbranched alkanes of at least 4 members (excludes halogenated alkanes) is 1. The van der Waals surface area contributed by atoms with E-state index in [-0.39, 0.29) is 24.0 Å². The molecule has 0 spiro atoms. The van der Waals surface area contributed by atoms with Crippen molar-refractivity contribution in [1.29, 1.82) is 0 Å². The number of hydrogen-bond acceptors (Lipinski definition) is 5. The van der Waals surface area contributed by atoms with E-state index in [1.165, 1.54) is 0 Å². The largest absolute Gasteiger partial charge is 0.488 e. The van der Waals surface area contributed by atoms with Crippen LogP contribution in [0.3, 0.4) is 0 Å². The van der Waals surface area contributed by atoms with Gasteiger partial charge >= 0.3 is 13.1 Å². The number of nitrogens with one attached hydrogen (secondary N) is 3. The molecule has 2 fully saturated rings. The Hall–Kier alpha value is -1.71. The molecule has 3 rings (SSSR count). The minimum absolute atomic E-state index is 0.0742. The summed E-state index contributed by atoms with van der Waals surface area (Å²) in [5.74, 6) is 0.860. The molecular weight excluding hydrogens is 341 g/mol. The zero-order chi connectivity index (χ0) is 17.8. The number of rotatable bonds is 7. The van der Waals surface area contributed by atoms with Gasteiger partial charge in [0.25, 0.3) is 0 Å². The van der Waals surface area contributed by atoms with E-state index in [4.69, 9.17) is 10.0 Å². The molecule has 0 bridgehead atoms. The number of benzene rings is 1. The Morgan fingerprint density at radius 2 is 2.16 bits per heavy atom. The SMILES string of the molecule is O=C(CCCC[C@@H]1SCC2NC(=O)NC21)Nc1cccc(B(O)O)c1. The first-order chi connectivity index (χ1) is 12.0. The molecule has 2 aliphatic rings. The lowest BCUT2D eigenvalue weighted by Crippen LogP contribution is -2.36. The maximum atomic E-state index is 12.0. The molecule has 2 unspecified atom stereocenters. The number of thioether (sulfide) groups is 1. The van der Waals surface area contributed by atoms with Crippen molar-refractivity contribution in [2.75, 3.05) is 11.1 Å². The van der Waals surface area contributed by atoms with Gasteiger partial charge in [-0.3, -0.25) is 4.79 Å². The average Bonchev–Trinajstić information content (AvgIpc) is 3.11. The molecule has 134 valence electrons. The van der Waals surface area contributed by atoms with Crippen LogP contribution in [0.1, 0.15) is 25.7 Å². The lowest BCUT2D eigenvalue weighted by atomic mass is 9.80. The van der Waals surface area contributed by atoms with E-state index in [0.29, 0.717) is 22.8 Å². The van der Waals surface area contributed by atoms with E-state index in [1.54, 1.807) is 24.3 Å². The number of carbonyl (C=O) groups is 2. The monoisotopic (exact) mass is 363 g/mol. The number of urea groups is 1. The van der Waals surface area contributed by atoms with Crippen molar-refractivity contribution in [1.82, 2.24) is 10.6 Å². The normalized spacial score (nSPS) is 24.4. The van der Waals surface area contributed by atoms with Crippen molar-refractivity contribution < 1.29 is 19.6 Å². The third kappa shape index (κ3) is 4.68. The van der Waals surface area contributed by atoms with Gasteiger partial charge in [0.15, 0.2) is 0 Å². The fourth-order valence-corrected chi connectivity index (χ4v) is 4.82. The molecule has 9 heteroatoms. The summed E-state index contributed by atoms with van der Waals surface area (Å²) in [5, 5.41) is 27.4. The number of fused-ring (bicyclic) bond motifs is 1. The van der Waals surface area contributed by atoms with Crippen molar-refractivity contribution in [2.24, 2.45) is 0 Å². The number of amides is 3. The second kappa shape index (κ2) is 8.12. The second-order valence-electron chi connectivity index (χ2n) is 6.41. The smallest absolute Gasteiger partial charge is 0.423 e. The fourth-order valence-electron chi connectivity index (χ4n) is 3.27. The van der Waals surface area contributed by atoms with Gasteiger partial charge in [-0.1, -0.05) is 18.6 Å². The highest BCUT2D eigenvalue weighted by Gasteiger charge is 2.42. The predicted molar refractivity (Wildman–Crippen MR) is 98.9 cm³/mol. The van der Waals surface area contributed by atoms with Crippen LogP contribution in [0.4, 0.5) is 10.5 Å². The van der Waals surface area contributed by atoms with E-state index < -0.39 is 7.12 Å². The molecule has 2 saturated heterocycles. The number of carbonyl (C=O) groups excluding carboxylic acids is 2. The van der Waals surface area contributed by atoms with Crippen molar-refractivity contribution in [3.63, 3.8) is 0 Å². The molecule has 7 nitrogen and oxygen atoms in total. The molecule has 2 aliphatic heterocycles. The molecule has 25 heavy (non-hydrogen) atoms. The predicted octanol–water partition coefficient (Wildman–Crippen LogP) is 0.0307. The summed E-state index contributed by atoms with van der Waals surface area (Å²) in [5.41, 5.74) is 0.905. The van der Waals surface area contributed by atoms with Crippen LogP contribution in [0.5, 0.6) is 0 Å². The minimum Gasteiger partial charge on any atom is -0.423 e. The van der Waals surface area contributed by atoms with Crippen LogP contribution in [0, 0.1) is 0 Å². The minimum atomic E-state index is -1.55. The van der Waals surface area contributed by atoms with Gasteiger partial charge in [0.05, 0.1) is 12.1 Å². The molecule has 0 aromatic heterocycles. The molecule has 0 saturated carbocycles. The zero-order valence-electron chi connectivity index (χ0n) is 13.8. The first-order valence-electron chi connectivity index (χ1n) is 8.47. The Balaban J connectivity index is 1.37. The molecule has 2 heterocycles. The second-order valence-corrected chi connectivity index (χ2v) is 7.69. The summed E-state index contributed by atoms with van der Waals surface area (Å²) in [6.45, 7) is 0. The zero-order valence-corrected chi connectivity index (χ0v) is 14.6. The summed E-state index contributed by atoms with van der Waals surface area (Å²) in [6, 6.07) is 6.89. The molecule has 3 atom stereocenters. The van der Waals surface area contributed by atoms with Gasteiger partial charge in [0, 0.05) is 23.1 Å². The summed E-state index contributed by atoms with van der Waals surface area (Å²) in [7, 11) is -1.55. The van der Waals surface area contributed by atoms with Crippen molar-refractivity contribution in [2.45, 2.75) is 43.0 Å². The summed E-state index contributed by atoms with van der Waals surface area (Å²) in [4.78, 5) is 23.4. The highest BCUT2D eigenvalue weighted by molar-refractivity contribution is 8.00. The fraction of sp³-hybridized carbons (Fsp3) is 0.500. The average molecular weight is 363 g/mol. The lowest BCUT2D eigenvalue weighted by Gasteiger charge is -2.16. The van der Waals surface area contributed by atoms with Crippen molar-refractivity contribution in [3.8, 4) is 0 Å². The quantitative estimate of drug-likeness (QED) is 0.267. The maximum absolute atomic E-state index is 12.0. The van der Waals surface area contributed by atoms with Gasteiger partial charge in [0.2, 0.25) is 5.91 Å². The van der Waals surface area contributed by atoms with Crippen LogP contribution in [0.2, 0.25) is 0 Å². The summed E-state index contributed by atoms with van der Waals surface area (Å²) < 4.78 is 0. The Bertz CT molecular complexity index is 646. The highest BCUT2D eigenvalue weighted by atomic mass is 32.2. The number of anilines is 1. The van der Waals surface area contributed by atoms with Gasteiger partial charge in [-0.05, 0) is 30.4 Å². The van der Waals surface area contributed by atoms with E-state index in [1.807, 2.05) is 11.8 Å². The van der Waals surface area contributed by atoms with Gasteiger partial charge < -0.3 is 26.0 Å². The van der Waals surface area contributed by atoms with Crippen LogP contribution in [-0.2, 0) is 4.79 Å². The van der Waals surface area contributed by atoms with Gasteiger partial charge in [0.1, 0.15) is 0 Å². The van der Waals surface area contributed by atoms with E-state index in [2.05, 4.69) is 16.0 Å². The first-order valence-corrected chi connectivity index (χ1v) is 9.52. The van der Waals surface area contributed by atoms with Crippen LogP contribution in [0.25, 0.3) is 0 Å². The van der Waals surface area contributed by atoms with Crippen LogP contribution >= 0.6 is 11.8 Å². The Kier molecular flexibility index (Phi) is 5.87. The molecule has 5 N–H and O–H groups in total. The van der Waals surface area contributed by atoms with Gasteiger partial charge in [-0.2, -0.15) is 11.8 Å². The number of hydrogen-bond donors (Lipinski definition) is 5. The Labute approximate surface area is 151 Å². The molecule has 0 radical (unpaired) electrons. The van der Waals surface area contributed by atoms with Crippen LogP contribution in [-0.4, -0.2) is 52.2 Å². The van der Waals surface area contributed by atoms with Crippen LogP contribution in [0.15, 0.2) is 24.3 Å². The Morgan fingerprint density at radius 3 is 2.96 bits per heavy atom. The van der Waals surface area contributed by atoms with E-state index in [9.17, 15) is 9.59 Å². The first kappa shape index (κ1) is 18.1. The molecule has 3 amide bonds. The lowest BCUT2D eigenvalue weighted by molar-refractivity contribution is -0.116. The summed E-state index contributed by atoms with van der Waals surface area (Å²) in [6.07, 6.45) is 3.11. The third-order valence-electron chi connectivity index (χ3n) is 4.55. The third-order valence-corrected chi connectivity index (χ3v) is 6.06. The van der Waals surface area contributed by atoms with Gasteiger partial charge in [-0.15, -0.1) is 0 Å². The maximum Gasteiger partial charge on any atom is 0.488 e. The van der Waals surface area contributed by atoms with Crippen molar-refractivity contribution >= 4 is 42.0 Å².